The Hall–Kier alpha value is -5.14. The lowest BCUT2D eigenvalue weighted by Gasteiger charge is -2.26. The molecule has 4 aromatic rings. The van der Waals surface area contributed by atoms with E-state index in [2.05, 4.69) is 10.5 Å². The first-order valence-corrected chi connectivity index (χ1v) is 13.6. The van der Waals surface area contributed by atoms with Gasteiger partial charge in [0, 0.05) is 0 Å². The molecule has 0 atom stereocenters. The molecule has 0 aliphatic carbocycles. The fourth-order valence-corrected chi connectivity index (χ4v) is 5.27. The Morgan fingerprint density at radius 2 is 1.57 bits per heavy atom. The number of hydrazone groups is 1. The standard InChI is InChI=1S/C30H26N4O5S/c1-38-25-15-17-27(18-16-25)40(36,37)34(22-24-7-3-2-4-8-24)29-10-6-5-9-28(29)30(35)33-32-21-23-11-13-26(14-12-23)39-20-19-31/h2-18,21H,20,22H2,1H3,(H,33,35). The summed E-state index contributed by atoms with van der Waals surface area (Å²) in [5.41, 5.74) is 4.25. The summed E-state index contributed by atoms with van der Waals surface area (Å²) in [7, 11) is -2.58. The van der Waals surface area contributed by atoms with Gasteiger partial charge in [-0.2, -0.15) is 10.4 Å². The highest BCUT2D eigenvalue weighted by Gasteiger charge is 2.28. The van der Waals surface area contributed by atoms with Crippen LogP contribution in [-0.4, -0.2) is 34.3 Å². The smallest absolute Gasteiger partial charge is 0.273 e. The second-order valence-corrected chi connectivity index (χ2v) is 10.3. The predicted octanol–water partition coefficient (Wildman–Crippen LogP) is 4.76. The fraction of sp³-hybridized carbons (Fsp3) is 0.100. The Balaban J connectivity index is 1.62. The minimum absolute atomic E-state index is 0.00296. The molecule has 40 heavy (non-hydrogen) atoms. The maximum absolute atomic E-state index is 13.9. The van der Waals surface area contributed by atoms with E-state index in [0.717, 1.165) is 5.56 Å². The molecule has 0 aliphatic heterocycles. The Morgan fingerprint density at radius 3 is 2.25 bits per heavy atom. The van der Waals surface area contributed by atoms with E-state index in [-0.39, 0.29) is 29.3 Å². The average molecular weight is 555 g/mol. The molecular weight excluding hydrogens is 528 g/mol. The van der Waals surface area contributed by atoms with Gasteiger partial charge in [-0.1, -0.05) is 42.5 Å². The highest BCUT2D eigenvalue weighted by atomic mass is 32.2. The molecule has 0 aromatic heterocycles. The molecule has 1 N–H and O–H groups in total. The number of nitriles is 1. The summed E-state index contributed by atoms with van der Waals surface area (Å²) in [5.74, 6) is 0.479. The van der Waals surface area contributed by atoms with Crippen LogP contribution in [0.15, 0.2) is 113 Å². The molecule has 202 valence electrons. The third-order valence-electron chi connectivity index (χ3n) is 5.80. The number of para-hydroxylation sites is 1. The van der Waals surface area contributed by atoms with Gasteiger partial charge in [-0.15, -0.1) is 0 Å². The van der Waals surface area contributed by atoms with E-state index in [9.17, 15) is 13.2 Å². The van der Waals surface area contributed by atoms with Gasteiger partial charge < -0.3 is 9.47 Å². The number of sulfonamides is 1. The van der Waals surface area contributed by atoms with Crippen LogP contribution in [0, 0.1) is 11.3 Å². The molecule has 4 aromatic carbocycles. The summed E-state index contributed by atoms with van der Waals surface area (Å²) in [6, 6.07) is 30.4. The van der Waals surface area contributed by atoms with Crippen molar-refractivity contribution < 1.29 is 22.7 Å². The molecule has 0 aliphatic rings. The van der Waals surface area contributed by atoms with Gasteiger partial charge in [-0.05, 0) is 71.8 Å². The molecule has 0 radical (unpaired) electrons. The predicted molar refractivity (Wildman–Crippen MR) is 152 cm³/mol. The number of methoxy groups -OCH3 is 1. The molecule has 1 amide bonds. The van der Waals surface area contributed by atoms with E-state index in [1.165, 1.54) is 29.8 Å². The number of carbonyl (C=O) groups excluding carboxylic acids is 1. The Bertz CT molecular complexity index is 1620. The summed E-state index contributed by atoms with van der Waals surface area (Å²) in [5, 5.41) is 12.7. The van der Waals surface area contributed by atoms with E-state index in [0.29, 0.717) is 17.1 Å². The van der Waals surface area contributed by atoms with Gasteiger partial charge in [0.25, 0.3) is 15.9 Å². The van der Waals surface area contributed by atoms with E-state index in [1.807, 2.05) is 36.4 Å². The van der Waals surface area contributed by atoms with Gasteiger partial charge in [0.15, 0.2) is 6.61 Å². The molecule has 9 nitrogen and oxygen atoms in total. The third-order valence-corrected chi connectivity index (χ3v) is 7.57. The van der Waals surface area contributed by atoms with Crippen LogP contribution in [0.2, 0.25) is 0 Å². The van der Waals surface area contributed by atoms with E-state index in [1.54, 1.807) is 60.7 Å². The van der Waals surface area contributed by atoms with Crippen LogP contribution in [-0.2, 0) is 16.6 Å². The third kappa shape index (κ3) is 6.83. The van der Waals surface area contributed by atoms with Crippen LogP contribution in [0.1, 0.15) is 21.5 Å². The Kier molecular flexibility index (Phi) is 9.12. The number of carbonyl (C=O) groups is 1. The van der Waals surface area contributed by atoms with Gasteiger partial charge in [-0.3, -0.25) is 9.10 Å². The summed E-state index contributed by atoms with van der Waals surface area (Å²) < 4.78 is 39.4. The second kappa shape index (κ2) is 13.1. The number of benzene rings is 4. The van der Waals surface area contributed by atoms with Crippen molar-refractivity contribution in [2.45, 2.75) is 11.4 Å². The van der Waals surface area contributed by atoms with Crippen molar-refractivity contribution in [2.24, 2.45) is 5.10 Å². The molecule has 0 spiro atoms. The molecule has 0 saturated heterocycles. The number of nitrogens with zero attached hydrogens (tertiary/aromatic N) is 3. The van der Waals surface area contributed by atoms with Gasteiger partial charge in [0.2, 0.25) is 0 Å². The first kappa shape index (κ1) is 27.9. The number of hydrogen-bond acceptors (Lipinski definition) is 7. The summed E-state index contributed by atoms with van der Waals surface area (Å²) >= 11 is 0. The van der Waals surface area contributed by atoms with Gasteiger partial charge in [0.05, 0.1) is 36.0 Å². The van der Waals surface area contributed by atoms with Crippen LogP contribution < -0.4 is 19.2 Å². The first-order valence-electron chi connectivity index (χ1n) is 12.2. The van der Waals surface area contributed by atoms with Crippen molar-refractivity contribution in [1.29, 1.82) is 5.26 Å². The number of nitrogens with one attached hydrogen (secondary N) is 1. The van der Waals surface area contributed by atoms with E-state index in [4.69, 9.17) is 14.7 Å². The van der Waals surface area contributed by atoms with Crippen molar-refractivity contribution in [3.05, 3.63) is 120 Å². The zero-order valence-electron chi connectivity index (χ0n) is 21.6. The number of ether oxygens (including phenoxy) is 2. The molecule has 0 bridgehead atoms. The average Bonchev–Trinajstić information content (AvgIpc) is 3.00. The second-order valence-electron chi connectivity index (χ2n) is 8.40. The lowest BCUT2D eigenvalue weighted by Crippen LogP contribution is -2.33. The number of anilines is 1. The quantitative estimate of drug-likeness (QED) is 0.211. The van der Waals surface area contributed by atoms with Crippen LogP contribution >= 0.6 is 0 Å². The zero-order valence-corrected chi connectivity index (χ0v) is 22.4. The van der Waals surface area contributed by atoms with Crippen LogP contribution in [0.4, 0.5) is 5.69 Å². The number of hydrogen-bond donors (Lipinski definition) is 1. The highest BCUT2D eigenvalue weighted by molar-refractivity contribution is 7.92. The minimum atomic E-state index is -4.08. The van der Waals surface area contributed by atoms with Gasteiger partial charge >= 0.3 is 0 Å². The Labute approximate surface area is 233 Å². The summed E-state index contributed by atoms with van der Waals surface area (Å²) in [6.07, 6.45) is 1.45. The van der Waals surface area contributed by atoms with Crippen molar-refractivity contribution >= 4 is 27.8 Å². The summed E-state index contributed by atoms with van der Waals surface area (Å²) in [4.78, 5) is 13.3. The van der Waals surface area contributed by atoms with Crippen molar-refractivity contribution in [3.63, 3.8) is 0 Å². The molecule has 0 unspecified atom stereocenters. The summed E-state index contributed by atoms with van der Waals surface area (Å²) in [6.45, 7) is -0.0542. The van der Waals surface area contributed by atoms with Gasteiger partial charge in [0.1, 0.15) is 17.6 Å². The zero-order chi connectivity index (χ0) is 28.4. The first-order chi connectivity index (χ1) is 19.4. The molecular formula is C30H26N4O5S. The Morgan fingerprint density at radius 1 is 0.925 bits per heavy atom. The maximum Gasteiger partial charge on any atom is 0.273 e. The van der Waals surface area contributed by atoms with Crippen molar-refractivity contribution in [1.82, 2.24) is 5.43 Å². The van der Waals surface area contributed by atoms with Crippen LogP contribution in [0.5, 0.6) is 11.5 Å². The van der Waals surface area contributed by atoms with Crippen LogP contribution in [0.25, 0.3) is 0 Å². The molecule has 0 saturated carbocycles. The lowest BCUT2D eigenvalue weighted by atomic mass is 10.1. The molecule has 4 rings (SSSR count). The lowest BCUT2D eigenvalue weighted by molar-refractivity contribution is 0.0955. The normalized spacial score (nSPS) is 11.0. The van der Waals surface area contributed by atoms with E-state index >= 15 is 0 Å². The topological polar surface area (TPSA) is 121 Å². The van der Waals surface area contributed by atoms with E-state index < -0.39 is 15.9 Å². The highest BCUT2D eigenvalue weighted by Crippen LogP contribution is 2.30. The largest absolute Gasteiger partial charge is 0.497 e. The number of rotatable bonds is 11. The fourth-order valence-electron chi connectivity index (χ4n) is 3.80. The van der Waals surface area contributed by atoms with Crippen LogP contribution in [0.3, 0.4) is 0 Å². The minimum Gasteiger partial charge on any atom is -0.497 e. The molecule has 10 heteroatoms. The molecule has 0 fully saturated rings. The SMILES string of the molecule is COc1ccc(S(=O)(=O)N(Cc2ccccc2)c2ccccc2C(=O)NN=Cc2ccc(OCC#N)cc2)cc1. The van der Waals surface area contributed by atoms with Gasteiger partial charge in [-0.25, -0.2) is 13.8 Å². The van der Waals surface area contributed by atoms with Crippen molar-refractivity contribution in [3.8, 4) is 17.6 Å². The van der Waals surface area contributed by atoms with Crippen molar-refractivity contribution in [2.75, 3.05) is 18.0 Å². The maximum atomic E-state index is 13.9. The monoisotopic (exact) mass is 554 g/mol. The molecule has 0 heterocycles. The number of amides is 1.